The van der Waals surface area contributed by atoms with E-state index in [-0.39, 0.29) is 42.6 Å². The first-order valence-corrected chi connectivity index (χ1v) is 44.8. The van der Waals surface area contributed by atoms with Crippen molar-refractivity contribution in [2.24, 2.45) is 58.1 Å². The molecule has 5 rings (SSSR count). The fourth-order valence-corrected chi connectivity index (χ4v) is 14.8. The average molecular weight is 1930 g/mol. The molecule has 3 fully saturated rings. The van der Waals surface area contributed by atoms with Crippen molar-refractivity contribution in [3.05, 3.63) is 59.7 Å². The monoisotopic (exact) mass is 1930 g/mol. The quantitative estimate of drug-likeness (QED) is 0.0305. The van der Waals surface area contributed by atoms with Crippen LogP contribution in [0.25, 0.3) is 0 Å². The second-order valence-electron chi connectivity index (χ2n) is 34.7. The van der Waals surface area contributed by atoms with E-state index < -0.39 is 329 Å². The molecule has 2 aliphatic heterocycles. The zero-order valence-electron chi connectivity index (χ0n) is 78.2. The first kappa shape index (κ1) is 115. The van der Waals surface area contributed by atoms with Gasteiger partial charge < -0.3 is 139 Å². The van der Waals surface area contributed by atoms with Gasteiger partial charge in [0, 0.05) is 78.6 Å². The van der Waals surface area contributed by atoms with Gasteiger partial charge in [-0.3, -0.25) is 115 Å². The predicted octanol–water partition coefficient (Wildman–Crippen LogP) is -8.98. The maximum Gasteiger partial charge on any atom is 0.247 e. The van der Waals surface area contributed by atoms with Gasteiger partial charge in [-0.2, -0.15) is 0 Å². The summed E-state index contributed by atoms with van der Waals surface area (Å²) in [4.78, 5) is 319. The van der Waals surface area contributed by atoms with Crippen LogP contribution in [-0.4, -0.2) is 287 Å². The van der Waals surface area contributed by atoms with Crippen molar-refractivity contribution in [2.45, 2.75) is 249 Å². The van der Waals surface area contributed by atoms with Gasteiger partial charge in [0.05, 0.1) is 39.0 Å². The number of rotatable bonds is 35. The lowest BCUT2D eigenvalue weighted by Crippen LogP contribution is -2.62. The summed E-state index contributed by atoms with van der Waals surface area (Å²) < 4.78 is 0. The Hall–Kier alpha value is -14.7. The Bertz CT molecular complexity index is 4690. The number of benzene rings is 2. The van der Waals surface area contributed by atoms with Crippen molar-refractivity contribution in [1.82, 2.24) is 94.9 Å². The highest BCUT2D eigenvalue weighted by Gasteiger charge is 2.42. The van der Waals surface area contributed by atoms with Crippen LogP contribution in [0.2, 0.25) is 0 Å². The fourth-order valence-electron chi connectivity index (χ4n) is 14.8. The first-order chi connectivity index (χ1) is 64.3. The van der Waals surface area contributed by atoms with Gasteiger partial charge in [-0.15, -0.1) is 0 Å². The van der Waals surface area contributed by atoms with Crippen LogP contribution < -0.4 is 119 Å². The molecular formula is C87H132N24O26. The Kier molecular flexibility index (Phi) is 47.3. The highest BCUT2D eigenvalue weighted by molar-refractivity contribution is 6.03. The van der Waals surface area contributed by atoms with Gasteiger partial charge in [0.2, 0.25) is 142 Å². The Labute approximate surface area is 790 Å². The number of hydrogen-bond donors (Lipinski definition) is 24. The van der Waals surface area contributed by atoms with Crippen LogP contribution in [0.15, 0.2) is 48.5 Å². The van der Waals surface area contributed by atoms with E-state index in [1.54, 1.807) is 41.5 Å². The number of phenols is 2. The second kappa shape index (κ2) is 56.5. The number of primary amides is 6. The van der Waals surface area contributed by atoms with Gasteiger partial charge >= 0.3 is 0 Å². The van der Waals surface area contributed by atoms with E-state index in [0.29, 0.717) is 36.8 Å². The SMILES string of the molecule is CC[C@H](C)[C@@H]1NC(=O)[C@H](Cc2ccc(O)cc2)NC(=O)CCC(=O)NC[C@@H](C(=O)N(C)CC(=O)N[C@@](C)(CC(C)C)C(=O)NCC(N)=O)NC(=O)[C@H](CC(N)=O)NC(=O)[C@H](CCC(N)=O)NC1=O.CC[C@H](C)[C@@H]1NC(=O)[C@H](Cc2ccc(O)cc2)NC(=O)CCC(=O)NC[C@@H](C(=O)N(C)CC(=O)N[C@H](C(=O)NCC(N)=O)C2CCCCC2)NC(=O)[C@H](CC(N)=O)NC(=O)[C@H](CCC(N)=O)NC1=O. The smallest absolute Gasteiger partial charge is 0.247 e. The number of hydrogen-bond acceptors (Lipinski definition) is 26. The summed E-state index contributed by atoms with van der Waals surface area (Å²) in [6, 6.07) is -5.40. The molecule has 0 spiro atoms. The van der Waals surface area contributed by atoms with Crippen molar-refractivity contribution in [3.8, 4) is 11.5 Å². The zero-order valence-corrected chi connectivity index (χ0v) is 78.2. The minimum Gasteiger partial charge on any atom is -0.508 e. The Morgan fingerprint density at radius 3 is 1.15 bits per heavy atom. The molecule has 2 aromatic rings. The summed E-state index contributed by atoms with van der Waals surface area (Å²) in [6.45, 7) is 7.87. The van der Waals surface area contributed by atoms with E-state index in [2.05, 4.69) is 85.1 Å². The molecule has 137 heavy (non-hydrogen) atoms. The second-order valence-corrected chi connectivity index (χ2v) is 34.7. The molecular weight excluding hydrogens is 1800 g/mol. The lowest BCUT2D eigenvalue weighted by Gasteiger charge is -2.32. The molecule has 50 heteroatoms. The third-order valence-electron chi connectivity index (χ3n) is 22.6. The highest BCUT2D eigenvalue weighted by Crippen LogP contribution is 2.28. The van der Waals surface area contributed by atoms with Gasteiger partial charge in [0.1, 0.15) is 83.5 Å². The molecule has 2 saturated heterocycles. The number of phenolic OH excluding ortho intramolecular Hbond substituents is 2. The molecule has 0 aromatic heterocycles. The summed E-state index contributed by atoms with van der Waals surface area (Å²) in [6.07, 6.45) is -1.37. The maximum atomic E-state index is 14.1. The van der Waals surface area contributed by atoms with E-state index >= 15 is 0 Å². The van der Waals surface area contributed by atoms with Gasteiger partial charge in [-0.05, 0) is 98.1 Å². The van der Waals surface area contributed by atoms with Crippen LogP contribution in [-0.2, 0) is 128 Å². The number of likely N-dealkylation sites (N-methyl/N-ethyl adjacent to an activating group) is 2. The molecule has 14 atom stereocenters. The Morgan fingerprint density at radius 1 is 0.431 bits per heavy atom. The summed E-state index contributed by atoms with van der Waals surface area (Å²) in [5.74, 6) is -23.7. The molecule has 2 aromatic carbocycles. The van der Waals surface area contributed by atoms with Crippen molar-refractivity contribution in [1.29, 1.82) is 0 Å². The number of nitrogens with two attached hydrogens (primary N) is 6. The van der Waals surface area contributed by atoms with Gasteiger partial charge in [-0.1, -0.05) is 97.9 Å². The highest BCUT2D eigenvalue weighted by atomic mass is 16.3. The Balaban J connectivity index is 0.000000572. The topological polar surface area (TPSA) is 805 Å². The number of carbonyl (C=O) groups is 24. The zero-order chi connectivity index (χ0) is 103. The maximum absolute atomic E-state index is 14.1. The Morgan fingerprint density at radius 2 is 0.788 bits per heavy atom. The van der Waals surface area contributed by atoms with Gasteiger partial charge in [-0.25, -0.2) is 0 Å². The minimum atomic E-state index is -1.84. The summed E-state index contributed by atoms with van der Waals surface area (Å²) in [5, 5.41) is 59.1. The number of nitrogens with one attached hydrogen (secondary N) is 16. The van der Waals surface area contributed by atoms with E-state index in [1.165, 1.54) is 62.5 Å². The van der Waals surface area contributed by atoms with E-state index in [9.17, 15) is 125 Å². The van der Waals surface area contributed by atoms with E-state index in [0.717, 1.165) is 36.1 Å². The summed E-state index contributed by atoms with van der Waals surface area (Å²) >= 11 is 0. The molecule has 50 nitrogen and oxygen atoms in total. The van der Waals surface area contributed by atoms with Crippen molar-refractivity contribution >= 4 is 142 Å². The lowest BCUT2D eigenvalue weighted by molar-refractivity contribution is -0.141. The molecule has 2 heterocycles. The standard InChI is InChI=1S/C44H66N12O13.C43H66N12O13/c1-4-23(2)37-43(68)51-27(14-15-31(45)58)39(64)52-29(19-32(46)59)40(65)53-30(20-48-34(61)16-17-35(62)50-28(41(66)55-37)18-24-10-12-26(57)13-11-24)44(69)56(3)22-36(63)54-38(25-8-6-5-7-9-25)42(67)49-21-33(47)60;1-7-23(4)36-40(66)50-26(12-13-30(44)57)37(63)51-28(17-31(45)58)38(64)52-29(41(67)55(6)21-35(62)54-43(5,18-22(2)3)42(68)48-20-32(46)59)19-47-33(60)14-15-34(61)49-27(39(65)53-36)16-24-8-10-25(56)11-9-24/h10-13,23,25,27-30,37-38,57H,4-9,14-22H2,1-3H3,(H2,45,58)(H2,46,59)(H2,47,60)(H,48,61)(H,49,67)(H,50,62)(H,51,68)(H,52,64)(H,53,65)(H,54,63)(H,55,66);8-11,22-23,26-29,36,56H,7,12-21H2,1-6H3,(H2,44,57)(H2,45,58)(H2,46,59)(H,47,60)(H,48,68)(H,49,61)(H,50,66)(H,51,63)(H,52,64)(H,53,65)(H,54,62)/t23-,27-,28-,29-,30-,37-,38-;23-,26-,27-,28-,29-,36-,43-/m00/s1. The normalized spacial score (nSPS) is 21.9. The van der Waals surface area contributed by atoms with Crippen LogP contribution in [0.4, 0.5) is 0 Å². The first-order valence-electron chi connectivity index (χ1n) is 44.8. The van der Waals surface area contributed by atoms with Crippen molar-refractivity contribution < 1.29 is 125 Å². The summed E-state index contributed by atoms with van der Waals surface area (Å²) in [7, 11) is 2.35. The van der Waals surface area contributed by atoms with Crippen LogP contribution in [0.3, 0.4) is 0 Å². The molecule has 1 saturated carbocycles. The number of aromatic hydroxyl groups is 2. The van der Waals surface area contributed by atoms with Crippen LogP contribution >= 0.6 is 0 Å². The van der Waals surface area contributed by atoms with Crippen molar-refractivity contribution in [3.63, 3.8) is 0 Å². The fraction of sp³-hybridized carbons (Fsp3) is 0.586. The summed E-state index contributed by atoms with van der Waals surface area (Å²) in [5.41, 5.74) is 31.4. The van der Waals surface area contributed by atoms with Gasteiger partial charge in [0.15, 0.2) is 0 Å². The third-order valence-corrected chi connectivity index (χ3v) is 22.6. The number of carbonyl (C=O) groups excluding carboxylic acids is 24. The van der Waals surface area contributed by atoms with Gasteiger partial charge in [0.25, 0.3) is 0 Å². The molecule has 0 bridgehead atoms. The molecule has 756 valence electrons. The molecule has 0 unspecified atom stereocenters. The molecule has 1 aliphatic carbocycles. The van der Waals surface area contributed by atoms with E-state index in [4.69, 9.17) is 34.4 Å². The largest absolute Gasteiger partial charge is 0.508 e. The lowest BCUT2D eigenvalue weighted by atomic mass is 9.83. The minimum absolute atomic E-state index is 0.0665. The average Bonchev–Trinajstić information content (AvgIpc) is 0.833. The van der Waals surface area contributed by atoms with Crippen LogP contribution in [0.1, 0.15) is 175 Å². The van der Waals surface area contributed by atoms with Crippen LogP contribution in [0, 0.1) is 23.7 Å². The third kappa shape index (κ3) is 41.0. The predicted molar refractivity (Wildman–Crippen MR) is 485 cm³/mol. The van der Waals surface area contributed by atoms with E-state index in [1.807, 2.05) is 0 Å². The van der Waals surface area contributed by atoms with Crippen LogP contribution in [0.5, 0.6) is 11.5 Å². The number of amides is 24. The molecule has 0 radical (unpaired) electrons. The van der Waals surface area contributed by atoms with Crippen molar-refractivity contribution in [2.75, 3.05) is 53.4 Å². The molecule has 30 N–H and O–H groups in total. The molecule has 3 aliphatic rings. The number of nitrogens with zero attached hydrogens (tertiary/aromatic N) is 2. The molecule has 24 amide bonds.